The van der Waals surface area contributed by atoms with Gasteiger partial charge in [0.1, 0.15) is 5.82 Å². The largest absolute Gasteiger partial charge is 0.339 e. The van der Waals surface area contributed by atoms with E-state index in [1.165, 1.54) is 56.3 Å². The molecule has 0 bridgehead atoms. The van der Waals surface area contributed by atoms with Crippen molar-refractivity contribution in [3.63, 3.8) is 0 Å². The Hall–Kier alpha value is -1.27. The number of imidazole rings is 1. The van der Waals surface area contributed by atoms with Gasteiger partial charge in [-0.2, -0.15) is 0 Å². The first-order valence-corrected chi connectivity index (χ1v) is 13.0. The molecule has 30 heavy (non-hydrogen) atoms. The van der Waals surface area contributed by atoms with Crippen LogP contribution in [0.3, 0.4) is 0 Å². The van der Waals surface area contributed by atoms with Gasteiger partial charge in [0.15, 0.2) is 0 Å². The van der Waals surface area contributed by atoms with Crippen molar-refractivity contribution in [2.24, 2.45) is 24.8 Å². The number of piperidine rings is 2. The molecular weight excluding hydrogens is 392 g/mol. The van der Waals surface area contributed by atoms with Crippen LogP contribution in [0.4, 0.5) is 0 Å². The maximum atomic E-state index is 13.4. The fourth-order valence-corrected chi connectivity index (χ4v) is 7.46. The molecule has 3 fully saturated rings. The fraction of sp³-hybridized carbons (Fsp3) is 0.750. The number of carbonyl (C=O) groups excluding carboxylic acids is 1. The van der Waals surface area contributed by atoms with E-state index >= 15 is 0 Å². The Kier molecular flexibility index (Phi) is 6.24. The van der Waals surface area contributed by atoms with Gasteiger partial charge < -0.3 is 9.47 Å². The molecule has 5 nitrogen and oxygen atoms in total. The van der Waals surface area contributed by atoms with Crippen molar-refractivity contribution in [2.45, 2.75) is 64.0 Å². The minimum atomic E-state index is 0.122. The van der Waals surface area contributed by atoms with Crippen LogP contribution in [-0.4, -0.2) is 56.7 Å². The van der Waals surface area contributed by atoms with E-state index < -0.39 is 0 Å². The van der Waals surface area contributed by atoms with Crippen molar-refractivity contribution >= 4 is 17.7 Å². The molecule has 3 atom stereocenters. The number of carbonyl (C=O) groups is 1. The highest BCUT2D eigenvalue weighted by atomic mass is 32.2. The van der Waals surface area contributed by atoms with Crippen LogP contribution in [0.15, 0.2) is 23.4 Å². The first-order chi connectivity index (χ1) is 14.7. The van der Waals surface area contributed by atoms with Crippen molar-refractivity contribution in [1.29, 1.82) is 0 Å². The lowest BCUT2D eigenvalue weighted by molar-refractivity contribution is -0.139. The Morgan fingerprint density at radius 1 is 1.10 bits per heavy atom. The molecule has 3 aliphatic heterocycles. The van der Waals surface area contributed by atoms with E-state index in [-0.39, 0.29) is 5.92 Å². The summed E-state index contributed by atoms with van der Waals surface area (Å²) in [5.74, 6) is 4.09. The molecule has 0 radical (unpaired) electrons. The molecule has 1 aromatic heterocycles. The lowest BCUT2D eigenvalue weighted by Gasteiger charge is -2.44. The summed E-state index contributed by atoms with van der Waals surface area (Å²) in [7, 11) is 2.07. The van der Waals surface area contributed by atoms with Crippen molar-refractivity contribution in [3.05, 3.63) is 29.2 Å². The number of fused-ring (bicyclic) bond motifs is 1. The molecular formula is C24H36N4OS. The van der Waals surface area contributed by atoms with Crippen LogP contribution in [0.1, 0.15) is 57.2 Å². The topological polar surface area (TPSA) is 41.4 Å². The SMILES string of the molecule is Cn1ccnc1CN1CCC(C2=CC(C(=O)N3CCCC4CCCCC43)CS2)CC1. The number of aromatic nitrogens is 2. The molecule has 1 amide bonds. The second-order valence-electron chi connectivity index (χ2n) is 9.78. The van der Waals surface area contributed by atoms with Crippen LogP contribution in [-0.2, 0) is 18.4 Å². The number of hydrogen-bond acceptors (Lipinski definition) is 4. The number of thioether (sulfide) groups is 1. The number of hydrogen-bond donors (Lipinski definition) is 0. The van der Waals surface area contributed by atoms with Gasteiger partial charge in [0.25, 0.3) is 0 Å². The molecule has 0 aromatic carbocycles. The van der Waals surface area contributed by atoms with Gasteiger partial charge >= 0.3 is 0 Å². The molecule has 1 aliphatic carbocycles. The number of amides is 1. The Balaban J connectivity index is 1.16. The first kappa shape index (κ1) is 20.6. The van der Waals surface area contributed by atoms with Crippen LogP contribution in [0, 0.1) is 17.8 Å². The van der Waals surface area contributed by atoms with Gasteiger partial charge in [-0.1, -0.05) is 18.9 Å². The van der Waals surface area contributed by atoms with Gasteiger partial charge in [-0.15, -0.1) is 11.8 Å². The molecule has 6 heteroatoms. The van der Waals surface area contributed by atoms with Crippen LogP contribution >= 0.6 is 11.8 Å². The monoisotopic (exact) mass is 428 g/mol. The van der Waals surface area contributed by atoms with Gasteiger partial charge in [0.2, 0.25) is 5.91 Å². The molecule has 5 rings (SSSR count). The molecule has 3 unspecified atom stereocenters. The summed E-state index contributed by atoms with van der Waals surface area (Å²) in [4.78, 5) is 24.2. The van der Waals surface area contributed by atoms with Gasteiger partial charge in [-0.25, -0.2) is 4.98 Å². The predicted molar refractivity (Wildman–Crippen MR) is 122 cm³/mol. The molecule has 2 saturated heterocycles. The Labute approximate surface area is 185 Å². The molecule has 164 valence electrons. The summed E-state index contributed by atoms with van der Waals surface area (Å²) in [5.41, 5.74) is 0. The quantitative estimate of drug-likeness (QED) is 0.725. The first-order valence-electron chi connectivity index (χ1n) is 12.0. The lowest BCUT2D eigenvalue weighted by atomic mass is 9.78. The van der Waals surface area contributed by atoms with Crippen molar-refractivity contribution in [1.82, 2.24) is 19.4 Å². The minimum absolute atomic E-state index is 0.122. The zero-order valence-electron chi connectivity index (χ0n) is 18.3. The summed E-state index contributed by atoms with van der Waals surface area (Å²) >= 11 is 1.97. The Bertz CT molecular complexity index is 780. The van der Waals surface area contributed by atoms with E-state index in [1.54, 1.807) is 0 Å². The Morgan fingerprint density at radius 2 is 1.90 bits per heavy atom. The lowest BCUT2D eigenvalue weighted by Crippen LogP contribution is -2.51. The second kappa shape index (κ2) is 9.07. The third-order valence-electron chi connectivity index (χ3n) is 7.91. The van der Waals surface area contributed by atoms with E-state index in [4.69, 9.17) is 0 Å². The maximum Gasteiger partial charge on any atom is 0.230 e. The highest BCUT2D eigenvalue weighted by Gasteiger charge is 2.39. The number of allylic oxidation sites excluding steroid dienone is 1. The smallest absolute Gasteiger partial charge is 0.230 e. The third kappa shape index (κ3) is 4.22. The summed E-state index contributed by atoms with van der Waals surface area (Å²) in [6.07, 6.45) is 16.5. The van der Waals surface area contributed by atoms with Crippen LogP contribution in [0.2, 0.25) is 0 Å². The molecule has 0 spiro atoms. The van der Waals surface area contributed by atoms with E-state index in [0.717, 1.165) is 43.7 Å². The summed E-state index contributed by atoms with van der Waals surface area (Å²) in [6, 6.07) is 0.539. The number of nitrogens with zero attached hydrogens (tertiary/aromatic N) is 4. The normalized spacial score (nSPS) is 30.9. The second-order valence-corrected chi connectivity index (χ2v) is 10.9. The number of rotatable bonds is 4. The highest BCUT2D eigenvalue weighted by molar-refractivity contribution is 8.03. The average molecular weight is 429 g/mol. The van der Waals surface area contributed by atoms with Crippen molar-refractivity contribution < 1.29 is 4.79 Å². The van der Waals surface area contributed by atoms with Gasteiger partial charge in [-0.3, -0.25) is 9.69 Å². The molecule has 1 saturated carbocycles. The highest BCUT2D eigenvalue weighted by Crippen LogP contribution is 2.42. The van der Waals surface area contributed by atoms with Crippen LogP contribution in [0.5, 0.6) is 0 Å². The summed E-state index contributed by atoms with van der Waals surface area (Å²) < 4.78 is 2.12. The van der Waals surface area contributed by atoms with Gasteiger partial charge in [0, 0.05) is 37.8 Å². The maximum absolute atomic E-state index is 13.4. The standard InChI is InChI=1S/C24H36N4OS/c1-26-14-10-25-23(26)16-27-12-8-19(9-13-27)22-15-20(17-30-22)24(29)28-11-4-6-18-5-2-3-7-21(18)28/h10,14-15,18-21H,2-9,11-13,16-17H2,1H3. The third-order valence-corrected chi connectivity index (χ3v) is 9.24. The molecule has 4 aliphatic rings. The Morgan fingerprint density at radius 3 is 2.70 bits per heavy atom. The molecule has 0 N–H and O–H groups in total. The number of likely N-dealkylation sites (tertiary alicyclic amines) is 2. The zero-order chi connectivity index (χ0) is 20.5. The average Bonchev–Trinajstić information content (AvgIpc) is 3.43. The number of aryl methyl sites for hydroxylation is 1. The minimum Gasteiger partial charge on any atom is -0.339 e. The zero-order valence-corrected chi connectivity index (χ0v) is 19.2. The molecule has 4 heterocycles. The van der Waals surface area contributed by atoms with Crippen molar-refractivity contribution in [3.8, 4) is 0 Å². The van der Waals surface area contributed by atoms with Gasteiger partial charge in [-0.05, 0) is 68.4 Å². The molecule has 1 aromatic rings. The van der Waals surface area contributed by atoms with E-state index in [2.05, 4.69) is 32.5 Å². The van der Waals surface area contributed by atoms with E-state index in [1.807, 2.05) is 24.2 Å². The van der Waals surface area contributed by atoms with E-state index in [0.29, 0.717) is 17.9 Å². The van der Waals surface area contributed by atoms with Gasteiger partial charge in [0.05, 0.1) is 12.5 Å². The predicted octanol–water partition coefficient (Wildman–Crippen LogP) is 4.06. The van der Waals surface area contributed by atoms with Crippen LogP contribution in [0.25, 0.3) is 0 Å². The van der Waals surface area contributed by atoms with Crippen molar-refractivity contribution in [2.75, 3.05) is 25.4 Å². The van der Waals surface area contributed by atoms with E-state index in [9.17, 15) is 4.79 Å². The summed E-state index contributed by atoms with van der Waals surface area (Å²) in [6.45, 7) is 4.20. The fourth-order valence-electron chi connectivity index (χ4n) is 6.11. The van der Waals surface area contributed by atoms with Crippen LogP contribution < -0.4 is 0 Å². The summed E-state index contributed by atoms with van der Waals surface area (Å²) in [5, 5.41) is 0.